The number of hydrogen-bond donors (Lipinski definition) is 1. The van der Waals surface area contributed by atoms with Gasteiger partial charge in [-0.3, -0.25) is 14.9 Å². The second-order valence-electron chi connectivity index (χ2n) is 4.65. The number of amides is 1. The fourth-order valence-electron chi connectivity index (χ4n) is 2.69. The Morgan fingerprint density at radius 3 is 3.00 bits per heavy atom. The number of piperidine rings is 1. The number of anilines is 2. The predicted molar refractivity (Wildman–Crippen MR) is 66.7 cm³/mol. The summed E-state index contributed by atoms with van der Waals surface area (Å²) in [5.41, 5.74) is 1.51. The molecule has 0 bridgehead atoms. The highest BCUT2D eigenvalue weighted by molar-refractivity contribution is 6.04. The molecule has 6 heteroatoms. The molecule has 1 saturated heterocycles. The number of nitrogens with zero attached hydrogens (tertiary/aromatic N) is 2. The summed E-state index contributed by atoms with van der Waals surface area (Å²) >= 11 is 0. The third-order valence-electron chi connectivity index (χ3n) is 3.56. The first-order valence-electron chi connectivity index (χ1n) is 6.03. The number of fused-ring (bicyclic) bond motifs is 3. The van der Waals surface area contributed by atoms with Crippen LogP contribution in [0, 0.1) is 10.1 Å². The Hall–Kier alpha value is -2.11. The van der Waals surface area contributed by atoms with Gasteiger partial charge in [-0.05, 0) is 25.3 Å². The first-order valence-corrected chi connectivity index (χ1v) is 6.03. The summed E-state index contributed by atoms with van der Waals surface area (Å²) in [5.74, 6) is -0.00365. The van der Waals surface area contributed by atoms with E-state index in [4.69, 9.17) is 0 Å². The van der Waals surface area contributed by atoms with Gasteiger partial charge in [-0.25, -0.2) is 0 Å². The quantitative estimate of drug-likeness (QED) is 0.607. The first-order chi connectivity index (χ1) is 8.66. The van der Waals surface area contributed by atoms with Crippen LogP contribution in [0.5, 0.6) is 0 Å². The molecule has 1 N–H and O–H groups in total. The SMILES string of the molecule is O=C1Nc2ccc([N+](=O)[O-])cc2N2CCCCC12. The van der Waals surface area contributed by atoms with Crippen molar-refractivity contribution in [3.05, 3.63) is 28.3 Å². The summed E-state index contributed by atoms with van der Waals surface area (Å²) in [6.45, 7) is 0.784. The molecule has 0 aliphatic carbocycles. The number of non-ortho nitro benzene ring substituents is 1. The summed E-state index contributed by atoms with van der Waals surface area (Å²) in [4.78, 5) is 24.3. The lowest BCUT2D eigenvalue weighted by Gasteiger charge is -2.40. The Morgan fingerprint density at radius 2 is 2.22 bits per heavy atom. The Labute approximate surface area is 104 Å². The average molecular weight is 247 g/mol. The van der Waals surface area contributed by atoms with Crippen molar-refractivity contribution in [3.63, 3.8) is 0 Å². The van der Waals surface area contributed by atoms with Crippen LogP contribution in [0.2, 0.25) is 0 Å². The van der Waals surface area contributed by atoms with Crippen LogP contribution in [-0.4, -0.2) is 23.4 Å². The van der Waals surface area contributed by atoms with Crippen LogP contribution in [-0.2, 0) is 4.79 Å². The summed E-state index contributed by atoms with van der Waals surface area (Å²) < 4.78 is 0. The van der Waals surface area contributed by atoms with Crippen molar-refractivity contribution < 1.29 is 9.72 Å². The molecule has 2 aliphatic rings. The van der Waals surface area contributed by atoms with Crippen LogP contribution < -0.4 is 10.2 Å². The molecule has 0 radical (unpaired) electrons. The molecule has 1 aromatic carbocycles. The second-order valence-corrected chi connectivity index (χ2v) is 4.65. The van der Waals surface area contributed by atoms with E-state index in [0.717, 1.165) is 31.5 Å². The minimum Gasteiger partial charge on any atom is -0.358 e. The number of nitrogens with one attached hydrogen (secondary N) is 1. The van der Waals surface area contributed by atoms with E-state index in [1.165, 1.54) is 6.07 Å². The summed E-state index contributed by atoms with van der Waals surface area (Å²) in [5, 5.41) is 13.6. The highest BCUT2D eigenvalue weighted by Crippen LogP contribution is 2.37. The molecule has 94 valence electrons. The van der Waals surface area contributed by atoms with E-state index in [2.05, 4.69) is 5.32 Å². The molecular weight excluding hydrogens is 234 g/mol. The highest BCUT2D eigenvalue weighted by Gasteiger charge is 2.35. The molecule has 3 rings (SSSR count). The molecule has 1 fully saturated rings. The number of benzene rings is 1. The minimum atomic E-state index is -0.407. The van der Waals surface area contributed by atoms with Crippen LogP contribution in [0.1, 0.15) is 19.3 Å². The Kier molecular flexibility index (Phi) is 2.43. The molecule has 1 atom stereocenters. The minimum absolute atomic E-state index is 0.00365. The maximum absolute atomic E-state index is 11.9. The normalized spacial score (nSPS) is 21.9. The zero-order chi connectivity index (χ0) is 12.7. The van der Waals surface area contributed by atoms with Gasteiger partial charge in [0.15, 0.2) is 0 Å². The van der Waals surface area contributed by atoms with Crippen molar-refractivity contribution in [3.8, 4) is 0 Å². The number of carbonyl (C=O) groups excluding carboxylic acids is 1. The lowest BCUT2D eigenvalue weighted by Crippen LogP contribution is -2.50. The van der Waals surface area contributed by atoms with Gasteiger partial charge in [-0.2, -0.15) is 0 Å². The smallest absolute Gasteiger partial charge is 0.271 e. The van der Waals surface area contributed by atoms with Gasteiger partial charge in [0.2, 0.25) is 5.91 Å². The van der Waals surface area contributed by atoms with Gasteiger partial charge in [0.1, 0.15) is 6.04 Å². The molecule has 2 aliphatic heterocycles. The molecule has 1 aromatic rings. The highest BCUT2D eigenvalue weighted by atomic mass is 16.6. The van der Waals surface area contributed by atoms with Crippen molar-refractivity contribution in [2.75, 3.05) is 16.8 Å². The largest absolute Gasteiger partial charge is 0.358 e. The third-order valence-corrected chi connectivity index (χ3v) is 3.56. The van der Waals surface area contributed by atoms with Gasteiger partial charge in [-0.15, -0.1) is 0 Å². The predicted octanol–water partition coefficient (Wildman–Crippen LogP) is 1.91. The fraction of sp³-hybridized carbons (Fsp3) is 0.417. The average Bonchev–Trinajstić information content (AvgIpc) is 2.38. The molecular formula is C12H13N3O3. The molecule has 0 saturated carbocycles. The van der Waals surface area contributed by atoms with E-state index in [1.807, 2.05) is 4.90 Å². The van der Waals surface area contributed by atoms with Crippen LogP contribution >= 0.6 is 0 Å². The number of nitro groups is 1. The van der Waals surface area contributed by atoms with Crippen molar-refractivity contribution in [1.29, 1.82) is 0 Å². The maximum atomic E-state index is 11.9. The van der Waals surface area contributed by atoms with Crippen molar-refractivity contribution in [1.82, 2.24) is 0 Å². The molecule has 0 spiro atoms. The summed E-state index contributed by atoms with van der Waals surface area (Å²) in [6, 6.07) is 4.40. The molecule has 0 aromatic heterocycles. The van der Waals surface area contributed by atoms with Crippen LogP contribution in [0.3, 0.4) is 0 Å². The van der Waals surface area contributed by atoms with Crippen molar-refractivity contribution >= 4 is 23.0 Å². The van der Waals surface area contributed by atoms with Crippen LogP contribution in [0.4, 0.5) is 17.1 Å². The maximum Gasteiger partial charge on any atom is 0.271 e. The van der Waals surface area contributed by atoms with Gasteiger partial charge in [0.05, 0.1) is 16.3 Å². The Balaban J connectivity index is 2.06. The zero-order valence-electron chi connectivity index (χ0n) is 9.76. The number of hydrogen-bond acceptors (Lipinski definition) is 4. The van der Waals surface area contributed by atoms with Crippen LogP contribution in [0.15, 0.2) is 18.2 Å². The Bertz CT molecular complexity index is 529. The molecule has 1 amide bonds. The van der Waals surface area contributed by atoms with Crippen molar-refractivity contribution in [2.45, 2.75) is 25.3 Å². The van der Waals surface area contributed by atoms with Gasteiger partial charge in [0, 0.05) is 18.7 Å². The molecule has 6 nitrogen and oxygen atoms in total. The second kappa shape index (κ2) is 3.97. The van der Waals surface area contributed by atoms with Crippen molar-refractivity contribution in [2.24, 2.45) is 0 Å². The zero-order valence-corrected chi connectivity index (χ0v) is 9.76. The van der Waals surface area contributed by atoms with E-state index in [-0.39, 0.29) is 17.6 Å². The fourth-order valence-corrected chi connectivity index (χ4v) is 2.69. The standard InChI is InChI=1S/C12H13N3O3/c16-12-10-3-1-2-6-14(10)11-7-8(15(17)18)4-5-9(11)13-12/h4-5,7,10H,1-3,6H2,(H,13,16). The third kappa shape index (κ3) is 1.61. The first kappa shape index (κ1) is 11.0. The van der Waals surface area contributed by atoms with Gasteiger partial charge < -0.3 is 10.2 Å². The van der Waals surface area contributed by atoms with Gasteiger partial charge in [-0.1, -0.05) is 0 Å². The number of carbonyl (C=O) groups is 1. The molecule has 18 heavy (non-hydrogen) atoms. The lowest BCUT2D eigenvalue weighted by atomic mass is 9.97. The summed E-state index contributed by atoms with van der Waals surface area (Å²) in [7, 11) is 0. The van der Waals surface area contributed by atoms with E-state index < -0.39 is 4.92 Å². The molecule has 2 heterocycles. The number of nitro benzene ring substituents is 1. The topological polar surface area (TPSA) is 75.5 Å². The number of rotatable bonds is 1. The monoisotopic (exact) mass is 247 g/mol. The van der Waals surface area contributed by atoms with E-state index in [9.17, 15) is 14.9 Å². The van der Waals surface area contributed by atoms with E-state index in [0.29, 0.717) is 5.69 Å². The summed E-state index contributed by atoms with van der Waals surface area (Å²) in [6.07, 6.45) is 2.86. The van der Waals surface area contributed by atoms with E-state index in [1.54, 1.807) is 12.1 Å². The lowest BCUT2D eigenvalue weighted by molar-refractivity contribution is -0.384. The van der Waals surface area contributed by atoms with Crippen LogP contribution in [0.25, 0.3) is 0 Å². The van der Waals surface area contributed by atoms with Gasteiger partial charge >= 0.3 is 0 Å². The molecule has 1 unspecified atom stereocenters. The van der Waals surface area contributed by atoms with E-state index >= 15 is 0 Å². The van der Waals surface area contributed by atoms with Gasteiger partial charge in [0.25, 0.3) is 5.69 Å². The Morgan fingerprint density at radius 1 is 1.39 bits per heavy atom.